The highest BCUT2D eigenvalue weighted by Crippen LogP contribution is 2.40. The lowest BCUT2D eigenvalue weighted by atomic mass is 9.74. The fraction of sp³-hybridized carbons (Fsp3) is 0.611. The van der Waals surface area contributed by atoms with Crippen LogP contribution in [0.1, 0.15) is 31.2 Å². The molecule has 6 heteroatoms. The Bertz CT molecular complexity index is 607. The zero-order chi connectivity index (χ0) is 16.4. The summed E-state index contributed by atoms with van der Waals surface area (Å²) in [4.78, 5) is 12.4. The van der Waals surface area contributed by atoms with Crippen LogP contribution in [0.2, 0.25) is 0 Å². The lowest BCUT2D eigenvalue weighted by Gasteiger charge is -2.38. The van der Waals surface area contributed by atoms with Gasteiger partial charge in [-0.15, -0.1) is 0 Å². The lowest BCUT2D eigenvalue weighted by molar-refractivity contribution is -0.123. The first-order valence-electron chi connectivity index (χ1n) is 8.76. The summed E-state index contributed by atoms with van der Waals surface area (Å²) in [6, 6.07) is 6.08. The van der Waals surface area contributed by atoms with Gasteiger partial charge in [-0.05, 0) is 49.9 Å². The normalized spacial score (nSPS) is 24.8. The molecule has 2 fully saturated rings. The molecule has 2 saturated heterocycles. The third kappa shape index (κ3) is 2.96. The van der Waals surface area contributed by atoms with Gasteiger partial charge >= 0.3 is 0 Å². The summed E-state index contributed by atoms with van der Waals surface area (Å²) in [5, 5.41) is 6.43. The smallest absolute Gasteiger partial charge is 0.237 e. The molecule has 1 aromatic rings. The summed E-state index contributed by atoms with van der Waals surface area (Å²) < 4.78 is 16.5. The molecule has 0 radical (unpaired) electrons. The fourth-order valence-electron chi connectivity index (χ4n) is 3.84. The van der Waals surface area contributed by atoms with Crippen molar-refractivity contribution in [2.45, 2.75) is 37.1 Å². The number of rotatable bonds is 4. The number of benzene rings is 1. The summed E-state index contributed by atoms with van der Waals surface area (Å²) in [5.41, 5.74) is 1.09. The van der Waals surface area contributed by atoms with E-state index in [1.165, 1.54) is 5.56 Å². The molecule has 1 atom stereocenters. The topological polar surface area (TPSA) is 68.8 Å². The van der Waals surface area contributed by atoms with Crippen molar-refractivity contribution in [3.8, 4) is 11.5 Å². The van der Waals surface area contributed by atoms with Crippen molar-refractivity contribution in [2.75, 3.05) is 33.1 Å². The molecule has 0 bridgehead atoms. The Labute approximate surface area is 141 Å². The van der Waals surface area contributed by atoms with E-state index in [1.807, 2.05) is 6.07 Å². The van der Waals surface area contributed by atoms with Crippen molar-refractivity contribution in [2.24, 2.45) is 0 Å². The zero-order valence-corrected chi connectivity index (χ0v) is 13.8. The van der Waals surface area contributed by atoms with Crippen LogP contribution in [0.5, 0.6) is 11.5 Å². The first kappa shape index (κ1) is 15.7. The second-order valence-electron chi connectivity index (χ2n) is 6.83. The Hall–Kier alpha value is -1.79. The minimum absolute atomic E-state index is 0.0429. The molecule has 3 aliphatic rings. The predicted octanol–water partition coefficient (Wildman–Crippen LogP) is 1.33. The molecule has 1 unspecified atom stereocenters. The number of carbonyl (C=O) groups excluding carboxylic acids is 1. The second-order valence-corrected chi connectivity index (χ2v) is 6.83. The van der Waals surface area contributed by atoms with E-state index in [1.54, 1.807) is 0 Å². The van der Waals surface area contributed by atoms with E-state index >= 15 is 0 Å². The Balaban J connectivity index is 1.52. The van der Waals surface area contributed by atoms with E-state index in [0.29, 0.717) is 19.8 Å². The molecule has 4 rings (SSSR count). The van der Waals surface area contributed by atoms with E-state index in [0.717, 1.165) is 43.7 Å². The molecule has 0 aromatic heterocycles. The molecule has 0 spiro atoms. The molecule has 0 aliphatic carbocycles. The number of fused-ring (bicyclic) bond motifs is 1. The van der Waals surface area contributed by atoms with Crippen LogP contribution in [0, 0.1) is 0 Å². The molecular weight excluding hydrogens is 308 g/mol. The van der Waals surface area contributed by atoms with Gasteiger partial charge in [0.25, 0.3) is 0 Å². The van der Waals surface area contributed by atoms with E-state index in [2.05, 4.69) is 22.8 Å². The first-order chi connectivity index (χ1) is 11.8. The summed E-state index contributed by atoms with van der Waals surface area (Å²) in [7, 11) is 0. The molecule has 6 nitrogen and oxygen atoms in total. The van der Waals surface area contributed by atoms with Gasteiger partial charge < -0.3 is 24.8 Å². The maximum Gasteiger partial charge on any atom is 0.237 e. The number of nitrogens with one attached hydrogen (secondary N) is 2. The van der Waals surface area contributed by atoms with Crippen molar-refractivity contribution in [1.29, 1.82) is 0 Å². The van der Waals surface area contributed by atoms with Crippen LogP contribution in [0.3, 0.4) is 0 Å². The Morgan fingerprint density at radius 1 is 1.25 bits per heavy atom. The SMILES string of the molecule is O=C(NCC1(c2ccc3c(c2)OCO3)CCOCC1)C1CCCN1. The van der Waals surface area contributed by atoms with E-state index in [-0.39, 0.29) is 24.2 Å². The Morgan fingerprint density at radius 2 is 2.08 bits per heavy atom. The summed E-state index contributed by atoms with van der Waals surface area (Å²) in [6.45, 7) is 3.27. The number of carbonyl (C=O) groups is 1. The van der Waals surface area contributed by atoms with Crippen LogP contribution in [-0.2, 0) is 14.9 Å². The van der Waals surface area contributed by atoms with Crippen LogP contribution in [0.25, 0.3) is 0 Å². The Morgan fingerprint density at radius 3 is 2.88 bits per heavy atom. The zero-order valence-electron chi connectivity index (χ0n) is 13.8. The average molecular weight is 332 g/mol. The summed E-state index contributed by atoms with van der Waals surface area (Å²) >= 11 is 0. The van der Waals surface area contributed by atoms with Crippen LogP contribution < -0.4 is 20.1 Å². The molecule has 1 amide bonds. The third-order valence-electron chi connectivity index (χ3n) is 5.41. The average Bonchev–Trinajstić information content (AvgIpc) is 3.31. The van der Waals surface area contributed by atoms with Gasteiger partial charge in [0.2, 0.25) is 12.7 Å². The Kier molecular flexibility index (Phi) is 4.33. The van der Waals surface area contributed by atoms with Gasteiger partial charge in [-0.3, -0.25) is 4.79 Å². The van der Waals surface area contributed by atoms with E-state index in [4.69, 9.17) is 14.2 Å². The van der Waals surface area contributed by atoms with E-state index in [9.17, 15) is 4.79 Å². The van der Waals surface area contributed by atoms with Gasteiger partial charge in [0.1, 0.15) is 0 Å². The molecule has 3 aliphatic heterocycles. The second kappa shape index (κ2) is 6.61. The van der Waals surface area contributed by atoms with Crippen LogP contribution in [-0.4, -0.2) is 45.0 Å². The minimum Gasteiger partial charge on any atom is -0.454 e. The van der Waals surface area contributed by atoms with Crippen LogP contribution in [0.4, 0.5) is 0 Å². The monoisotopic (exact) mass is 332 g/mol. The summed E-state index contributed by atoms with van der Waals surface area (Å²) in [5.74, 6) is 1.70. The van der Waals surface area contributed by atoms with Gasteiger partial charge in [0.05, 0.1) is 6.04 Å². The molecule has 2 N–H and O–H groups in total. The third-order valence-corrected chi connectivity index (χ3v) is 5.41. The maximum absolute atomic E-state index is 12.4. The van der Waals surface area contributed by atoms with Crippen LogP contribution >= 0.6 is 0 Å². The molecular formula is C18H24N2O4. The predicted molar refractivity (Wildman–Crippen MR) is 88.3 cm³/mol. The minimum atomic E-state index is -0.104. The van der Waals surface area contributed by atoms with Crippen molar-refractivity contribution < 1.29 is 19.0 Å². The van der Waals surface area contributed by atoms with Gasteiger partial charge in [-0.2, -0.15) is 0 Å². The van der Waals surface area contributed by atoms with Crippen molar-refractivity contribution in [1.82, 2.24) is 10.6 Å². The molecule has 130 valence electrons. The van der Waals surface area contributed by atoms with Crippen molar-refractivity contribution >= 4 is 5.91 Å². The first-order valence-corrected chi connectivity index (χ1v) is 8.76. The molecule has 0 saturated carbocycles. The molecule has 24 heavy (non-hydrogen) atoms. The maximum atomic E-state index is 12.4. The van der Waals surface area contributed by atoms with Gasteiger partial charge in [-0.1, -0.05) is 6.07 Å². The number of amides is 1. The quantitative estimate of drug-likeness (QED) is 0.871. The van der Waals surface area contributed by atoms with Crippen LogP contribution in [0.15, 0.2) is 18.2 Å². The number of hydrogen-bond donors (Lipinski definition) is 2. The molecule has 3 heterocycles. The highest BCUT2D eigenvalue weighted by molar-refractivity contribution is 5.82. The van der Waals surface area contributed by atoms with Crippen molar-refractivity contribution in [3.05, 3.63) is 23.8 Å². The fourth-order valence-corrected chi connectivity index (χ4v) is 3.84. The largest absolute Gasteiger partial charge is 0.454 e. The van der Waals surface area contributed by atoms with Gasteiger partial charge in [0, 0.05) is 25.2 Å². The highest BCUT2D eigenvalue weighted by Gasteiger charge is 2.36. The van der Waals surface area contributed by atoms with Crippen molar-refractivity contribution in [3.63, 3.8) is 0 Å². The number of ether oxygens (including phenoxy) is 3. The van der Waals surface area contributed by atoms with Gasteiger partial charge in [0.15, 0.2) is 11.5 Å². The van der Waals surface area contributed by atoms with Gasteiger partial charge in [-0.25, -0.2) is 0 Å². The van der Waals surface area contributed by atoms with E-state index < -0.39 is 0 Å². The summed E-state index contributed by atoms with van der Waals surface area (Å²) in [6.07, 6.45) is 3.78. The molecule has 1 aromatic carbocycles. The standard InChI is InChI=1S/C18H24N2O4/c21-17(14-2-1-7-19-14)20-11-18(5-8-22-9-6-18)13-3-4-15-16(10-13)24-12-23-15/h3-4,10,14,19H,1-2,5-9,11-12H2,(H,20,21). The lowest BCUT2D eigenvalue weighted by Crippen LogP contribution is -2.48. The highest BCUT2D eigenvalue weighted by atomic mass is 16.7. The number of hydrogen-bond acceptors (Lipinski definition) is 5.